The van der Waals surface area contributed by atoms with Crippen LogP contribution in [0.3, 0.4) is 0 Å². The molecule has 0 aliphatic carbocycles. The van der Waals surface area contributed by atoms with E-state index in [1.807, 2.05) is 13.1 Å². The van der Waals surface area contributed by atoms with Crippen LogP contribution < -0.4 is 5.32 Å². The maximum atomic E-state index is 10.5. The molecular formula is C11H16N2O2. The number of nitrogens with zero attached hydrogens (tertiary/aromatic N) is 1. The Hall–Kier alpha value is -1.42. The van der Waals surface area contributed by atoms with Crippen molar-refractivity contribution in [1.29, 1.82) is 0 Å². The third-order valence-corrected chi connectivity index (χ3v) is 2.48. The Morgan fingerprint density at radius 1 is 1.53 bits per heavy atom. The molecule has 1 N–H and O–H groups in total. The molecule has 0 aliphatic rings. The molecule has 4 heteroatoms. The zero-order valence-electron chi connectivity index (χ0n) is 9.06. The Balaban J connectivity index is 2.62. The van der Waals surface area contributed by atoms with E-state index in [9.17, 15) is 10.1 Å². The summed E-state index contributed by atoms with van der Waals surface area (Å²) in [6.07, 6.45) is 1.85. The lowest BCUT2D eigenvalue weighted by atomic mass is 10.1. The van der Waals surface area contributed by atoms with Gasteiger partial charge in [0.2, 0.25) is 0 Å². The van der Waals surface area contributed by atoms with Gasteiger partial charge in [0.05, 0.1) is 4.92 Å². The Morgan fingerprint density at radius 2 is 2.27 bits per heavy atom. The standard InChI is InChI=1S/C11H16N2O2/c1-9(12-2)6-7-10-4-3-5-11(8-10)13(14)15/h3-5,8-9,12H,6-7H2,1-2H3. The van der Waals surface area contributed by atoms with Crippen molar-refractivity contribution >= 4 is 5.69 Å². The highest BCUT2D eigenvalue weighted by atomic mass is 16.6. The topological polar surface area (TPSA) is 55.2 Å². The Bertz CT molecular complexity index is 339. The summed E-state index contributed by atoms with van der Waals surface area (Å²) < 4.78 is 0. The first-order valence-electron chi connectivity index (χ1n) is 5.04. The zero-order chi connectivity index (χ0) is 11.3. The van der Waals surface area contributed by atoms with Crippen LogP contribution in [0.5, 0.6) is 0 Å². The molecule has 1 aromatic rings. The third kappa shape index (κ3) is 3.67. The number of nitro benzene ring substituents is 1. The van der Waals surface area contributed by atoms with Crippen LogP contribution in [0, 0.1) is 10.1 Å². The van der Waals surface area contributed by atoms with Crippen molar-refractivity contribution in [2.24, 2.45) is 0 Å². The minimum absolute atomic E-state index is 0.171. The van der Waals surface area contributed by atoms with Crippen LogP contribution in [0.2, 0.25) is 0 Å². The van der Waals surface area contributed by atoms with Crippen LogP contribution >= 0.6 is 0 Å². The summed E-state index contributed by atoms with van der Waals surface area (Å²) >= 11 is 0. The Morgan fingerprint density at radius 3 is 2.87 bits per heavy atom. The summed E-state index contributed by atoms with van der Waals surface area (Å²) in [7, 11) is 1.91. The Labute approximate surface area is 89.5 Å². The molecule has 82 valence electrons. The van der Waals surface area contributed by atoms with Gasteiger partial charge in [-0.25, -0.2) is 0 Å². The fourth-order valence-electron chi connectivity index (χ4n) is 1.35. The molecule has 0 saturated heterocycles. The molecule has 0 radical (unpaired) electrons. The molecule has 0 spiro atoms. The van der Waals surface area contributed by atoms with Crippen LogP contribution in [0.4, 0.5) is 5.69 Å². The number of non-ortho nitro benzene ring substituents is 1. The van der Waals surface area contributed by atoms with Gasteiger partial charge in [0.15, 0.2) is 0 Å². The highest BCUT2D eigenvalue weighted by Gasteiger charge is 2.06. The second-order valence-electron chi connectivity index (χ2n) is 3.66. The SMILES string of the molecule is CNC(C)CCc1cccc([N+](=O)[O-])c1. The summed E-state index contributed by atoms with van der Waals surface area (Å²) in [5, 5.41) is 13.7. The van der Waals surface area contributed by atoms with Crippen molar-refractivity contribution in [3.63, 3.8) is 0 Å². The minimum atomic E-state index is -0.356. The average Bonchev–Trinajstić information content (AvgIpc) is 2.26. The van der Waals surface area contributed by atoms with Crippen molar-refractivity contribution in [3.05, 3.63) is 39.9 Å². The highest BCUT2D eigenvalue weighted by molar-refractivity contribution is 5.34. The van der Waals surface area contributed by atoms with E-state index in [0.717, 1.165) is 18.4 Å². The molecular weight excluding hydrogens is 192 g/mol. The quantitative estimate of drug-likeness (QED) is 0.595. The smallest absolute Gasteiger partial charge is 0.269 e. The fraction of sp³-hybridized carbons (Fsp3) is 0.455. The molecule has 1 atom stereocenters. The molecule has 15 heavy (non-hydrogen) atoms. The molecule has 1 unspecified atom stereocenters. The van der Waals surface area contributed by atoms with Gasteiger partial charge >= 0.3 is 0 Å². The maximum absolute atomic E-state index is 10.5. The van der Waals surface area contributed by atoms with Gasteiger partial charge in [0, 0.05) is 18.2 Å². The number of benzene rings is 1. The molecule has 4 nitrogen and oxygen atoms in total. The van der Waals surface area contributed by atoms with Crippen LogP contribution in [0.25, 0.3) is 0 Å². The molecule has 1 aromatic carbocycles. The van der Waals surface area contributed by atoms with Gasteiger partial charge in [-0.1, -0.05) is 12.1 Å². The van der Waals surface area contributed by atoms with E-state index in [1.54, 1.807) is 12.1 Å². The lowest BCUT2D eigenvalue weighted by Gasteiger charge is -2.09. The number of aryl methyl sites for hydroxylation is 1. The van der Waals surface area contributed by atoms with Crippen LogP contribution in [-0.4, -0.2) is 18.0 Å². The first-order valence-corrected chi connectivity index (χ1v) is 5.04. The number of hydrogen-bond acceptors (Lipinski definition) is 3. The number of rotatable bonds is 5. The van der Waals surface area contributed by atoms with Crippen LogP contribution in [0.15, 0.2) is 24.3 Å². The second kappa shape index (κ2) is 5.46. The molecule has 0 aromatic heterocycles. The first-order chi connectivity index (χ1) is 7.13. The lowest BCUT2D eigenvalue weighted by molar-refractivity contribution is -0.384. The average molecular weight is 208 g/mol. The van der Waals surface area contributed by atoms with Crippen molar-refractivity contribution in [2.75, 3.05) is 7.05 Å². The van der Waals surface area contributed by atoms with Crippen LogP contribution in [0.1, 0.15) is 18.9 Å². The maximum Gasteiger partial charge on any atom is 0.269 e. The normalized spacial score (nSPS) is 12.4. The van der Waals surface area contributed by atoms with E-state index in [2.05, 4.69) is 12.2 Å². The number of nitrogens with one attached hydrogen (secondary N) is 1. The molecule has 0 saturated carbocycles. The lowest BCUT2D eigenvalue weighted by Crippen LogP contribution is -2.21. The molecule has 0 amide bonds. The van der Waals surface area contributed by atoms with E-state index in [0.29, 0.717) is 6.04 Å². The second-order valence-corrected chi connectivity index (χ2v) is 3.66. The highest BCUT2D eigenvalue weighted by Crippen LogP contribution is 2.14. The predicted octanol–water partition coefficient (Wildman–Crippen LogP) is 2.14. The van der Waals surface area contributed by atoms with Gasteiger partial charge < -0.3 is 5.32 Å². The van der Waals surface area contributed by atoms with E-state index in [-0.39, 0.29) is 10.6 Å². The van der Waals surface area contributed by atoms with Crippen molar-refractivity contribution < 1.29 is 4.92 Å². The van der Waals surface area contributed by atoms with Gasteiger partial charge in [0.1, 0.15) is 0 Å². The molecule has 0 heterocycles. The summed E-state index contributed by atoms with van der Waals surface area (Å²) in [6, 6.07) is 7.25. The zero-order valence-corrected chi connectivity index (χ0v) is 9.06. The van der Waals surface area contributed by atoms with E-state index >= 15 is 0 Å². The van der Waals surface area contributed by atoms with Crippen molar-refractivity contribution in [3.8, 4) is 0 Å². The Kier molecular flexibility index (Phi) is 4.24. The van der Waals surface area contributed by atoms with E-state index in [4.69, 9.17) is 0 Å². The van der Waals surface area contributed by atoms with Gasteiger partial charge in [-0.3, -0.25) is 10.1 Å². The largest absolute Gasteiger partial charge is 0.317 e. The summed E-state index contributed by atoms with van der Waals surface area (Å²) in [6.45, 7) is 2.09. The third-order valence-electron chi connectivity index (χ3n) is 2.48. The molecule has 0 aliphatic heterocycles. The first kappa shape index (κ1) is 11.7. The summed E-state index contributed by atoms with van der Waals surface area (Å²) in [4.78, 5) is 10.2. The van der Waals surface area contributed by atoms with E-state index < -0.39 is 0 Å². The fourth-order valence-corrected chi connectivity index (χ4v) is 1.35. The number of nitro groups is 1. The van der Waals surface area contributed by atoms with Crippen molar-refractivity contribution in [2.45, 2.75) is 25.8 Å². The molecule has 1 rings (SSSR count). The predicted molar refractivity (Wildman–Crippen MR) is 59.9 cm³/mol. The number of hydrogen-bond donors (Lipinski definition) is 1. The molecule has 0 fully saturated rings. The summed E-state index contributed by atoms with van der Waals surface area (Å²) in [5.74, 6) is 0. The van der Waals surface area contributed by atoms with E-state index in [1.165, 1.54) is 6.07 Å². The minimum Gasteiger partial charge on any atom is -0.317 e. The van der Waals surface area contributed by atoms with Gasteiger partial charge in [-0.2, -0.15) is 0 Å². The van der Waals surface area contributed by atoms with Gasteiger partial charge in [-0.05, 0) is 32.4 Å². The van der Waals surface area contributed by atoms with Gasteiger partial charge in [-0.15, -0.1) is 0 Å². The monoisotopic (exact) mass is 208 g/mol. The summed E-state index contributed by atoms with van der Waals surface area (Å²) in [5.41, 5.74) is 1.19. The van der Waals surface area contributed by atoms with Crippen molar-refractivity contribution in [1.82, 2.24) is 5.32 Å². The van der Waals surface area contributed by atoms with Gasteiger partial charge in [0.25, 0.3) is 5.69 Å². The van der Waals surface area contributed by atoms with Crippen LogP contribution in [-0.2, 0) is 6.42 Å². The molecule has 0 bridgehead atoms.